The van der Waals surface area contributed by atoms with Crippen molar-refractivity contribution in [2.24, 2.45) is 0 Å². The largest absolute Gasteiger partial charge is 0.282 e. The van der Waals surface area contributed by atoms with Gasteiger partial charge < -0.3 is 0 Å². The molecule has 17 heavy (non-hydrogen) atoms. The quantitative estimate of drug-likeness (QED) is 0.524. The van der Waals surface area contributed by atoms with Gasteiger partial charge in [-0.05, 0) is 24.5 Å². The second kappa shape index (κ2) is 8.35. The van der Waals surface area contributed by atoms with E-state index >= 15 is 0 Å². The predicted octanol–water partition coefficient (Wildman–Crippen LogP) is 4.66. The molecule has 0 atom stereocenters. The zero-order valence-corrected chi connectivity index (χ0v) is 11.5. The van der Waals surface area contributed by atoms with Crippen molar-refractivity contribution in [3.63, 3.8) is 0 Å². The summed E-state index contributed by atoms with van der Waals surface area (Å²) < 4.78 is 0. The smallest absolute Gasteiger partial charge is 0.216 e. The Hall–Kier alpha value is -0.760. The number of thiol groups is 1. The number of benzene rings is 1. The fourth-order valence-electron chi connectivity index (χ4n) is 1.97. The molecule has 0 aliphatic carbocycles. The van der Waals surface area contributed by atoms with Gasteiger partial charge in [0, 0.05) is 5.56 Å². The minimum atomic E-state index is -0.144. The number of hydrogen-bond donors (Lipinski definition) is 1. The van der Waals surface area contributed by atoms with Gasteiger partial charge in [-0.2, -0.15) is 0 Å². The van der Waals surface area contributed by atoms with Crippen molar-refractivity contribution in [1.82, 2.24) is 0 Å². The van der Waals surface area contributed by atoms with E-state index in [4.69, 9.17) is 0 Å². The lowest BCUT2D eigenvalue weighted by Gasteiger charge is -2.03. The first-order valence-electron chi connectivity index (χ1n) is 6.56. The molecular weight excluding hydrogens is 228 g/mol. The molecule has 0 aromatic heterocycles. The van der Waals surface area contributed by atoms with Crippen LogP contribution in [0.2, 0.25) is 0 Å². The summed E-state index contributed by atoms with van der Waals surface area (Å²) in [5, 5.41) is -0.144. The average Bonchev–Trinajstić information content (AvgIpc) is 2.34. The van der Waals surface area contributed by atoms with Gasteiger partial charge in [0.1, 0.15) is 0 Å². The van der Waals surface area contributed by atoms with Crippen LogP contribution in [0.3, 0.4) is 0 Å². The number of rotatable bonds is 8. The first-order chi connectivity index (χ1) is 8.24. The molecule has 1 aromatic carbocycles. The molecular formula is C15H22OS. The van der Waals surface area contributed by atoms with Crippen molar-refractivity contribution in [3.8, 4) is 0 Å². The Kier molecular flexibility index (Phi) is 7.02. The summed E-state index contributed by atoms with van der Waals surface area (Å²) in [4.78, 5) is 11.1. The molecule has 1 rings (SSSR count). The Morgan fingerprint density at radius 2 is 1.82 bits per heavy atom. The minimum Gasteiger partial charge on any atom is -0.282 e. The van der Waals surface area contributed by atoms with Crippen LogP contribution in [0, 0.1) is 0 Å². The third-order valence-electron chi connectivity index (χ3n) is 2.99. The van der Waals surface area contributed by atoms with Crippen LogP contribution in [0.1, 0.15) is 61.4 Å². The highest BCUT2D eigenvalue weighted by Crippen LogP contribution is 2.12. The van der Waals surface area contributed by atoms with E-state index in [1.54, 1.807) is 0 Å². The summed E-state index contributed by atoms with van der Waals surface area (Å²) in [7, 11) is 0. The summed E-state index contributed by atoms with van der Waals surface area (Å²) in [5.41, 5.74) is 1.96. The Morgan fingerprint density at radius 3 is 2.53 bits per heavy atom. The monoisotopic (exact) mass is 250 g/mol. The van der Waals surface area contributed by atoms with E-state index in [9.17, 15) is 4.79 Å². The third-order valence-corrected chi connectivity index (χ3v) is 3.25. The Morgan fingerprint density at radius 1 is 1.12 bits per heavy atom. The van der Waals surface area contributed by atoms with E-state index in [1.807, 2.05) is 18.2 Å². The first kappa shape index (κ1) is 14.3. The van der Waals surface area contributed by atoms with Crippen molar-refractivity contribution in [1.29, 1.82) is 0 Å². The Labute approximate surface area is 110 Å². The molecule has 0 aliphatic rings. The summed E-state index contributed by atoms with van der Waals surface area (Å²) in [6.45, 7) is 2.24. The van der Waals surface area contributed by atoms with Gasteiger partial charge in [-0.3, -0.25) is 4.79 Å². The van der Waals surface area contributed by atoms with E-state index in [1.165, 1.54) is 44.1 Å². The van der Waals surface area contributed by atoms with Crippen LogP contribution in [0.25, 0.3) is 0 Å². The molecule has 0 saturated heterocycles. The highest BCUT2D eigenvalue weighted by Gasteiger charge is 2.01. The van der Waals surface area contributed by atoms with Crippen LogP contribution < -0.4 is 0 Å². The Balaban J connectivity index is 2.27. The predicted molar refractivity (Wildman–Crippen MR) is 76.8 cm³/mol. The molecule has 0 heterocycles. The normalized spacial score (nSPS) is 10.5. The molecule has 0 aliphatic heterocycles. The highest BCUT2D eigenvalue weighted by molar-refractivity contribution is 7.97. The van der Waals surface area contributed by atoms with E-state index in [0.717, 1.165) is 6.42 Å². The molecule has 0 unspecified atom stereocenters. The number of hydrogen-bond acceptors (Lipinski definition) is 1. The summed E-state index contributed by atoms with van der Waals surface area (Å²) in [5.74, 6) is 0. The molecule has 0 saturated carbocycles. The van der Waals surface area contributed by atoms with Crippen LogP contribution in [0.5, 0.6) is 0 Å². The summed E-state index contributed by atoms with van der Waals surface area (Å²) >= 11 is 3.84. The number of aryl methyl sites for hydroxylation is 1. The molecule has 0 fully saturated rings. The van der Waals surface area contributed by atoms with Crippen molar-refractivity contribution in [2.75, 3.05) is 0 Å². The second-order valence-corrected chi connectivity index (χ2v) is 4.93. The molecule has 0 spiro atoms. The maximum Gasteiger partial charge on any atom is 0.216 e. The lowest BCUT2D eigenvalue weighted by molar-refractivity contribution is 0.109. The lowest BCUT2D eigenvalue weighted by atomic mass is 10.0. The fraction of sp³-hybridized carbons (Fsp3) is 0.533. The van der Waals surface area contributed by atoms with E-state index in [0.29, 0.717) is 5.56 Å². The SMILES string of the molecule is CCCCCCCCc1cccc(C(=O)S)c1. The van der Waals surface area contributed by atoms with E-state index in [-0.39, 0.29) is 5.12 Å². The van der Waals surface area contributed by atoms with Gasteiger partial charge >= 0.3 is 0 Å². The van der Waals surface area contributed by atoms with Gasteiger partial charge in [0.2, 0.25) is 5.12 Å². The van der Waals surface area contributed by atoms with Crippen molar-refractivity contribution >= 4 is 17.7 Å². The van der Waals surface area contributed by atoms with Crippen LogP contribution in [-0.4, -0.2) is 5.12 Å². The van der Waals surface area contributed by atoms with Crippen molar-refractivity contribution in [3.05, 3.63) is 35.4 Å². The standard InChI is InChI=1S/C15H22OS/c1-2-3-4-5-6-7-9-13-10-8-11-14(12-13)15(16)17/h8,10-12H,2-7,9H2,1H3,(H,16,17). The topological polar surface area (TPSA) is 17.1 Å². The van der Waals surface area contributed by atoms with Gasteiger partial charge in [0.05, 0.1) is 0 Å². The van der Waals surface area contributed by atoms with Gasteiger partial charge in [-0.15, -0.1) is 12.6 Å². The van der Waals surface area contributed by atoms with Gasteiger partial charge in [-0.25, -0.2) is 0 Å². The molecule has 1 aromatic rings. The second-order valence-electron chi connectivity index (χ2n) is 4.52. The molecule has 0 amide bonds. The average molecular weight is 250 g/mol. The Bertz CT molecular complexity index is 347. The minimum absolute atomic E-state index is 0.144. The fourth-order valence-corrected chi connectivity index (χ4v) is 2.11. The highest BCUT2D eigenvalue weighted by atomic mass is 32.1. The van der Waals surface area contributed by atoms with Gasteiger partial charge in [0.25, 0.3) is 0 Å². The summed E-state index contributed by atoms with van der Waals surface area (Å²) in [6.07, 6.45) is 8.91. The van der Waals surface area contributed by atoms with Gasteiger partial charge in [-0.1, -0.05) is 57.2 Å². The lowest BCUT2D eigenvalue weighted by Crippen LogP contribution is -1.92. The van der Waals surface area contributed by atoms with Crippen molar-refractivity contribution in [2.45, 2.75) is 51.9 Å². The number of carbonyl (C=O) groups excluding carboxylic acids is 1. The molecule has 0 bridgehead atoms. The first-order valence-corrected chi connectivity index (χ1v) is 7.01. The van der Waals surface area contributed by atoms with Crippen LogP contribution >= 0.6 is 12.6 Å². The molecule has 2 heteroatoms. The van der Waals surface area contributed by atoms with Crippen LogP contribution in [0.15, 0.2) is 24.3 Å². The number of carbonyl (C=O) groups is 1. The zero-order chi connectivity index (χ0) is 12.5. The van der Waals surface area contributed by atoms with Crippen LogP contribution in [-0.2, 0) is 6.42 Å². The molecule has 94 valence electrons. The molecule has 1 nitrogen and oxygen atoms in total. The molecule has 0 N–H and O–H groups in total. The number of unbranched alkanes of at least 4 members (excludes halogenated alkanes) is 5. The third kappa shape index (κ3) is 5.92. The summed E-state index contributed by atoms with van der Waals surface area (Å²) in [6, 6.07) is 7.81. The van der Waals surface area contributed by atoms with Crippen LogP contribution in [0.4, 0.5) is 0 Å². The zero-order valence-electron chi connectivity index (χ0n) is 10.6. The molecule has 0 radical (unpaired) electrons. The maximum absolute atomic E-state index is 11.1. The van der Waals surface area contributed by atoms with Crippen molar-refractivity contribution < 1.29 is 4.79 Å². The van der Waals surface area contributed by atoms with Gasteiger partial charge in [0.15, 0.2) is 0 Å². The van der Waals surface area contributed by atoms with E-state index < -0.39 is 0 Å². The maximum atomic E-state index is 11.1. The van der Waals surface area contributed by atoms with E-state index in [2.05, 4.69) is 25.6 Å².